The van der Waals surface area contributed by atoms with Crippen LogP contribution in [-0.2, 0) is 4.79 Å². The van der Waals surface area contributed by atoms with Crippen LogP contribution in [0.15, 0.2) is 24.3 Å². The van der Waals surface area contributed by atoms with Crippen LogP contribution in [0.25, 0.3) is 0 Å². The lowest BCUT2D eigenvalue weighted by atomic mass is 9.87. The summed E-state index contributed by atoms with van der Waals surface area (Å²) in [7, 11) is 0. The molecule has 1 aromatic carbocycles. The van der Waals surface area contributed by atoms with E-state index in [1.165, 1.54) is 5.56 Å². The van der Waals surface area contributed by atoms with Crippen LogP contribution in [0.5, 0.6) is 0 Å². The van der Waals surface area contributed by atoms with Crippen LogP contribution in [0.2, 0.25) is 0 Å². The molecule has 88 valence electrons. The second-order valence-electron chi connectivity index (χ2n) is 4.88. The van der Waals surface area contributed by atoms with Gasteiger partial charge in [0.15, 0.2) is 0 Å². The molecule has 0 spiro atoms. The third-order valence-electron chi connectivity index (χ3n) is 2.89. The normalized spacial score (nSPS) is 13.1. The largest absolute Gasteiger partial charge is 0.481 e. The van der Waals surface area contributed by atoms with Gasteiger partial charge in [0.25, 0.3) is 0 Å². The Hall–Kier alpha value is -1.31. The lowest BCUT2D eigenvalue weighted by Crippen LogP contribution is -2.17. The maximum Gasteiger partial charge on any atom is 0.311 e. The van der Waals surface area contributed by atoms with Gasteiger partial charge in [0.05, 0.1) is 5.92 Å². The van der Waals surface area contributed by atoms with E-state index in [2.05, 4.69) is 13.8 Å². The highest BCUT2D eigenvalue weighted by atomic mass is 16.4. The van der Waals surface area contributed by atoms with E-state index in [1.54, 1.807) is 0 Å². The van der Waals surface area contributed by atoms with Gasteiger partial charge in [-0.05, 0) is 23.0 Å². The van der Waals surface area contributed by atoms with Gasteiger partial charge in [0.1, 0.15) is 0 Å². The van der Waals surface area contributed by atoms with Crippen LogP contribution < -0.4 is 0 Å². The highest BCUT2D eigenvalue weighted by Crippen LogP contribution is 2.26. The first-order chi connectivity index (χ1) is 7.43. The van der Waals surface area contributed by atoms with Crippen molar-refractivity contribution in [1.29, 1.82) is 0 Å². The summed E-state index contributed by atoms with van der Waals surface area (Å²) in [6.45, 7) is 8.14. The summed E-state index contributed by atoms with van der Waals surface area (Å²) in [5.74, 6) is -0.549. The first-order valence-electron chi connectivity index (χ1n) is 5.76. The smallest absolute Gasteiger partial charge is 0.311 e. The quantitative estimate of drug-likeness (QED) is 0.841. The monoisotopic (exact) mass is 220 g/mol. The number of benzene rings is 1. The molecule has 0 aromatic heterocycles. The molecule has 2 heteroatoms. The van der Waals surface area contributed by atoms with Gasteiger partial charge in [0, 0.05) is 0 Å². The third-order valence-corrected chi connectivity index (χ3v) is 2.89. The zero-order chi connectivity index (χ0) is 12.3. The summed E-state index contributed by atoms with van der Waals surface area (Å²) in [6, 6.07) is 7.93. The molecule has 0 heterocycles. The molecule has 0 saturated heterocycles. The van der Waals surface area contributed by atoms with Crippen LogP contribution >= 0.6 is 0 Å². The van der Waals surface area contributed by atoms with Gasteiger partial charge in [-0.25, -0.2) is 0 Å². The number of hydrogen-bond acceptors (Lipinski definition) is 1. The Labute approximate surface area is 97.3 Å². The fourth-order valence-electron chi connectivity index (χ4n) is 1.90. The lowest BCUT2D eigenvalue weighted by Gasteiger charge is -2.17. The van der Waals surface area contributed by atoms with E-state index in [1.807, 2.05) is 38.1 Å². The van der Waals surface area contributed by atoms with Crippen molar-refractivity contribution in [3.63, 3.8) is 0 Å². The molecule has 1 atom stereocenters. The lowest BCUT2D eigenvalue weighted by molar-refractivity contribution is -0.139. The predicted octanol–water partition coefficient (Wildman–Crippen LogP) is 3.63. The minimum Gasteiger partial charge on any atom is -0.481 e. The SMILES string of the molecule is CC(C)c1ccc([C@H](C(=O)O)C(C)C)cc1. The number of carbonyl (C=O) groups is 1. The first-order valence-corrected chi connectivity index (χ1v) is 5.76. The maximum absolute atomic E-state index is 11.2. The van der Waals surface area contributed by atoms with Gasteiger partial charge in [-0.2, -0.15) is 0 Å². The molecule has 1 rings (SSSR count). The molecule has 1 aromatic rings. The van der Waals surface area contributed by atoms with Gasteiger partial charge in [0.2, 0.25) is 0 Å². The van der Waals surface area contributed by atoms with Gasteiger partial charge in [-0.15, -0.1) is 0 Å². The zero-order valence-corrected chi connectivity index (χ0v) is 10.4. The first kappa shape index (κ1) is 12.8. The van der Waals surface area contributed by atoms with E-state index >= 15 is 0 Å². The Bertz CT molecular complexity index is 350. The molecule has 2 nitrogen and oxygen atoms in total. The second-order valence-corrected chi connectivity index (χ2v) is 4.88. The average Bonchev–Trinajstić information content (AvgIpc) is 2.17. The van der Waals surface area contributed by atoms with E-state index < -0.39 is 11.9 Å². The maximum atomic E-state index is 11.2. The standard InChI is InChI=1S/C14H20O2/c1-9(2)11-5-7-12(8-6-11)13(10(3)4)14(15)16/h5-10,13H,1-4H3,(H,15,16)/t13-/m1/s1. The van der Waals surface area contributed by atoms with Crippen molar-refractivity contribution in [2.75, 3.05) is 0 Å². The van der Waals surface area contributed by atoms with Crippen molar-refractivity contribution in [2.24, 2.45) is 5.92 Å². The summed E-state index contributed by atoms with van der Waals surface area (Å²) >= 11 is 0. The second kappa shape index (κ2) is 5.15. The highest BCUT2D eigenvalue weighted by Gasteiger charge is 2.23. The van der Waals surface area contributed by atoms with Crippen molar-refractivity contribution in [3.8, 4) is 0 Å². The molecule has 0 unspecified atom stereocenters. The van der Waals surface area contributed by atoms with Crippen LogP contribution in [0.4, 0.5) is 0 Å². The van der Waals surface area contributed by atoms with Crippen molar-refractivity contribution >= 4 is 5.97 Å². The Morgan fingerprint density at radius 2 is 1.44 bits per heavy atom. The molecule has 0 saturated carbocycles. The third kappa shape index (κ3) is 2.84. The summed E-state index contributed by atoms with van der Waals surface area (Å²) in [4.78, 5) is 11.2. The molecule has 16 heavy (non-hydrogen) atoms. The summed E-state index contributed by atoms with van der Waals surface area (Å²) in [5.41, 5.74) is 2.14. The Balaban J connectivity index is 2.99. The molecule has 0 radical (unpaired) electrons. The summed E-state index contributed by atoms with van der Waals surface area (Å²) in [6.07, 6.45) is 0. The average molecular weight is 220 g/mol. The minimum atomic E-state index is -0.743. The summed E-state index contributed by atoms with van der Waals surface area (Å²) < 4.78 is 0. The molecular weight excluding hydrogens is 200 g/mol. The molecule has 0 fully saturated rings. The number of carboxylic acid groups (broad SMARTS) is 1. The molecule has 0 aliphatic rings. The number of carboxylic acids is 1. The van der Waals surface area contributed by atoms with E-state index in [9.17, 15) is 9.90 Å². The van der Waals surface area contributed by atoms with Crippen LogP contribution in [0, 0.1) is 5.92 Å². The van der Waals surface area contributed by atoms with Gasteiger partial charge < -0.3 is 5.11 Å². The van der Waals surface area contributed by atoms with E-state index in [0.29, 0.717) is 5.92 Å². The van der Waals surface area contributed by atoms with Gasteiger partial charge >= 0.3 is 5.97 Å². The van der Waals surface area contributed by atoms with Crippen LogP contribution in [0.1, 0.15) is 50.7 Å². The zero-order valence-electron chi connectivity index (χ0n) is 10.4. The molecular formula is C14H20O2. The Kier molecular flexibility index (Phi) is 4.11. The predicted molar refractivity (Wildman–Crippen MR) is 65.7 cm³/mol. The van der Waals surface area contributed by atoms with E-state index in [4.69, 9.17) is 0 Å². The van der Waals surface area contributed by atoms with Crippen molar-refractivity contribution in [3.05, 3.63) is 35.4 Å². The minimum absolute atomic E-state index is 0.113. The van der Waals surface area contributed by atoms with Crippen molar-refractivity contribution in [1.82, 2.24) is 0 Å². The number of aliphatic carboxylic acids is 1. The van der Waals surface area contributed by atoms with Gasteiger partial charge in [-0.1, -0.05) is 52.0 Å². The van der Waals surface area contributed by atoms with E-state index in [-0.39, 0.29) is 5.92 Å². The Morgan fingerprint density at radius 1 is 1.00 bits per heavy atom. The fraction of sp³-hybridized carbons (Fsp3) is 0.500. The topological polar surface area (TPSA) is 37.3 Å². The van der Waals surface area contributed by atoms with E-state index in [0.717, 1.165) is 5.56 Å². The number of rotatable bonds is 4. The van der Waals surface area contributed by atoms with Crippen molar-refractivity contribution < 1.29 is 9.90 Å². The van der Waals surface area contributed by atoms with Gasteiger partial charge in [-0.3, -0.25) is 4.79 Å². The van der Waals surface area contributed by atoms with Crippen LogP contribution in [-0.4, -0.2) is 11.1 Å². The molecule has 0 bridgehead atoms. The molecule has 0 aliphatic carbocycles. The Morgan fingerprint density at radius 3 is 1.75 bits per heavy atom. The summed E-state index contributed by atoms with van der Waals surface area (Å²) in [5, 5.41) is 9.18. The van der Waals surface area contributed by atoms with Crippen LogP contribution in [0.3, 0.4) is 0 Å². The van der Waals surface area contributed by atoms with Crippen molar-refractivity contribution in [2.45, 2.75) is 39.5 Å². The fourth-order valence-corrected chi connectivity index (χ4v) is 1.90. The molecule has 1 N–H and O–H groups in total. The molecule has 0 aliphatic heterocycles. The highest BCUT2D eigenvalue weighted by molar-refractivity contribution is 5.76. The number of hydrogen-bond donors (Lipinski definition) is 1. The molecule has 0 amide bonds.